The Balaban J connectivity index is 1.68. The number of carbonyl (C=O) groups is 2. The second-order valence-electron chi connectivity index (χ2n) is 8.70. The summed E-state index contributed by atoms with van der Waals surface area (Å²) in [4.78, 5) is 30.6. The van der Waals surface area contributed by atoms with E-state index >= 15 is 0 Å². The van der Waals surface area contributed by atoms with Gasteiger partial charge in [0, 0.05) is 30.5 Å². The lowest BCUT2D eigenvalue weighted by Gasteiger charge is -2.28. The van der Waals surface area contributed by atoms with Gasteiger partial charge in [0.25, 0.3) is 5.91 Å². The fourth-order valence-electron chi connectivity index (χ4n) is 4.12. The molecule has 0 N–H and O–H groups in total. The van der Waals surface area contributed by atoms with Gasteiger partial charge in [-0.1, -0.05) is 0 Å². The van der Waals surface area contributed by atoms with Gasteiger partial charge in [-0.05, 0) is 69.0 Å². The molecule has 0 fully saturated rings. The lowest BCUT2D eigenvalue weighted by Crippen LogP contribution is -2.39. The molecule has 1 aliphatic rings. The van der Waals surface area contributed by atoms with Crippen LogP contribution >= 0.6 is 0 Å². The number of amides is 2. The summed E-state index contributed by atoms with van der Waals surface area (Å²) in [6, 6.07) is 13.0. The van der Waals surface area contributed by atoms with Crippen LogP contribution in [0.15, 0.2) is 48.5 Å². The molecular weight excluding hydrogens is 475 g/mol. The fraction of sp³-hybridized carbons (Fsp3) is 0.320. The van der Waals surface area contributed by atoms with E-state index in [1.165, 1.54) is 16.9 Å². The smallest absolute Gasteiger partial charge is 0.435 e. The lowest BCUT2D eigenvalue weighted by molar-refractivity contribution is -0.142. The number of aromatic nitrogens is 2. The highest BCUT2D eigenvalue weighted by Crippen LogP contribution is 2.37. The number of hydrogen-bond acceptors (Lipinski definition) is 5. The van der Waals surface area contributed by atoms with Crippen LogP contribution in [0.25, 0.3) is 5.69 Å². The lowest BCUT2D eigenvalue weighted by atomic mass is 10.0. The number of rotatable bonds is 6. The maximum Gasteiger partial charge on any atom is 0.435 e. The molecule has 0 aliphatic carbocycles. The number of benzene rings is 2. The highest BCUT2D eigenvalue weighted by molar-refractivity contribution is 6.07. The zero-order valence-electron chi connectivity index (χ0n) is 20.3. The maximum absolute atomic E-state index is 13.8. The Morgan fingerprint density at radius 1 is 1.03 bits per heavy atom. The van der Waals surface area contributed by atoms with E-state index in [4.69, 9.17) is 4.74 Å². The molecular formula is C25H26F3N5O3. The van der Waals surface area contributed by atoms with E-state index in [0.29, 0.717) is 22.8 Å². The molecule has 2 amide bonds. The molecule has 8 nitrogen and oxygen atoms in total. The number of nitrogens with zero attached hydrogens (tertiary/aromatic N) is 5. The Kier molecular flexibility index (Phi) is 6.77. The van der Waals surface area contributed by atoms with Crippen LogP contribution in [-0.2, 0) is 17.4 Å². The number of fused-ring (bicyclic) bond motifs is 1. The van der Waals surface area contributed by atoms with Crippen LogP contribution in [0.2, 0.25) is 0 Å². The summed E-state index contributed by atoms with van der Waals surface area (Å²) in [6.07, 6.45) is -4.70. The first kappa shape index (κ1) is 25.2. The minimum absolute atomic E-state index is 0.00491. The predicted molar refractivity (Wildman–Crippen MR) is 129 cm³/mol. The standard InChI is InChI=1S/C25H26F3N5O3/c1-30(2)15-21(34)31(3)16-5-7-17(8-6-16)32-14-13-20-22(24(32)35)33(29-23(20)25(26,27)28)18-9-11-19(36-4)12-10-18/h5-12H,13-15H2,1-4H3. The summed E-state index contributed by atoms with van der Waals surface area (Å²) in [7, 11) is 6.73. The van der Waals surface area contributed by atoms with Crippen molar-refractivity contribution < 1.29 is 27.5 Å². The molecule has 0 saturated carbocycles. The number of ether oxygens (including phenoxy) is 1. The molecule has 0 spiro atoms. The van der Waals surface area contributed by atoms with Crippen LogP contribution in [0, 0.1) is 0 Å². The van der Waals surface area contributed by atoms with Gasteiger partial charge in [0.05, 0.1) is 19.3 Å². The number of halogens is 3. The summed E-state index contributed by atoms with van der Waals surface area (Å²) in [6.45, 7) is 0.306. The van der Waals surface area contributed by atoms with Gasteiger partial charge in [0.15, 0.2) is 5.69 Å². The molecule has 0 bridgehead atoms. The first-order valence-corrected chi connectivity index (χ1v) is 11.2. The minimum atomic E-state index is -4.70. The van der Waals surface area contributed by atoms with Crippen LogP contribution in [0.5, 0.6) is 5.75 Å². The molecule has 2 aromatic carbocycles. The fourth-order valence-corrected chi connectivity index (χ4v) is 4.12. The van der Waals surface area contributed by atoms with Crippen molar-refractivity contribution in [1.29, 1.82) is 0 Å². The molecule has 0 unspecified atom stereocenters. The van der Waals surface area contributed by atoms with Crippen molar-refractivity contribution in [3.63, 3.8) is 0 Å². The van der Waals surface area contributed by atoms with E-state index in [9.17, 15) is 22.8 Å². The molecule has 4 rings (SSSR count). The van der Waals surface area contributed by atoms with Gasteiger partial charge in [-0.25, -0.2) is 4.68 Å². The SMILES string of the molecule is COc1ccc(-n2nc(C(F)(F)F)c3c2C(=O)N(c2ccc(N(C)C(=O)CN(C)C)cc2)CC3)cc1. The second-order valence-corrected chi connectivity index (χ2v) is 8.70. The Labute approximate surface area is 206 Å². The van der Waals surface area contributed by atoms with Gasteiger partial charge in [-0.2, -0.15) is 18.3 Å². The molecule has 190 valence electrons. The normalized spacial score (nSPS) is 13.7. The summed E-state index contributed by atoms with van der Waals surface area (Å²) in [5.41, 5.74) is 0.162. The quantitative estimate of drug-likeness (QED) is 0.516. The van der Waals surface area contributed by atoms with Crippen LogP contribution < -0.4 is 14.5 Å². The zero-order chi connectivity index (χ0) is 26.2. The van der Waals surface area contributed by atoms with Crippen molar-refractivity contribution in [2.75, 3.05) is 51.1 Å². The molecule has 0 saturated heterocycles. The van der Waals surface area contributed by atoms with Crippen molar-refractivity contribution in [3.8, 4) is 11.4 Å². The molecule has 36 heavy (non-hydrogen) atoms. The molecule has 1 aliphatic heterocycles. The first-order valence-electron chi connectivity index (χ1n) is 11.2. The molecule has 0 radical (unpaired) electrons. The summed E-state index contributed by atoms with van der Waals surface area (Å²) in [5, 5.41) is 3.80. The Bertz CT molecular complexity index is 1270. The topological polar surface area (TPSA) is 70.9 Å². The van der Waals surface area contributed by atoms with Crippen LogP contribution in [-0.4, -0.2) is 67.8 Å². The predicted octanol–water partition coefficient (Wildman–Crippen LogP) is 3.63. The van der Waals surface area contributed by atoms with E-state index in [0.717, 1.165) is 4.68 Å². The monoisotopic (exact) mass is 501 g/mol. The first-order chi connectivity index (χ1) is 17.0. The third kappa shape index (κ3) is 4.78. The maximum atomic E-state index is 13.8. The second kappa shape index (κ2) is 9.65. The van der Waals surface area contributed by atoms with E-state index in [-0.39, 0.29) is 36.7 Å². The van der Waals surface area contributed by atoms with Crippen molar-refractivity contribution in [3.05, 3.63) is 65.5 Å². The van der Waals surface area contributed by atoms with Gasteiger partial charge in [0.1, 0.15) is 11.4 Å². The Hall–Kier alpha value is -3.86. The number of methoxy groups -OCH3 is 1. The van der Waals surface area contributed by atoms with E-state index in [1.807, 2.05) is 0 Å². The third-order valence-electron chi connectivity index (χ3n) is 5.98. The molecule has 1 aromatic heterocycles. The van der Waals surface area contributed by atoms with Crippen molar-refractivity contribution in [2.45, 2.75) is 12.6 Å². The molecule has 0 atom stereocenters. The van der Waals surface area contributed by atoms with E-state index in [1.54, 1.807) is 74.6 Å². The van der Waals surface area contributed by atoms with Gasteiger partial charge < -0.3 is 19.4 Å². The number of alkyl halides is 3. The Morgan fingerprint density at radius 3 is 2.19 bits per heavy atom. The average Bonchev–Trinajstić information content (AvgIpc) is 3.25. The zero-order valence-corrected chi connectivity index (χ0v) is 20.3. The highest BCUT2D eigenvalue weighted by atomic mass is 19.4. The van der Waals surface area contributed by atoms with Gasteiger partial charge in [-0.3, -0.25) is 9.59 Å². The van der Waals surface area contributed by atoms with Crippen LogP contribution in [0.1, 0.15) is 21.7 Å². The number of hydrogen-bond donors (Lipinski definition) is 0. The average molecular weight is 502 g/mol. The van der Waals surface area contributed by atoms with Crippen molar-refractivity contribution >= 4 is 23.2 Å². The number of likely N-dealkylation sites (N-methyl/N-ethyl adjacent to an activating group) is 2. The summed E-state index contributed by atoms with van der Waals surface area (Å²) in [5.74, 6) is -0.160. The Morgan fingerprint density at radius 2 is 1.64 bits per heavy atom. The third-order valence-corrected chi connectivity index (χ3v) is 5.98. The van der Waals surface area contributed by atoms with Crippen LogP contribution in [0.3, 0.4) is 0 Å². The van der Waals surface area contributed by atoms with E-state index in [2.05, 4.69) is 5.10 Å². The largest absolute Gasteiger partial charge is 0.497 e. The van der Waals surface area contributed by atoms with Gasteiger partial charge in [0.2, 0.25) is 5.91 Å². The van der Waals surface area contributed by atoms with E-state index < -0.39 is 17.8 Å². The number of carbonyl (C=O) groups excluding carboxylic acids is 2. The summed E-state index contributed by atoms with van der Waals surface area (Å²) >= 11 is 0. The molecule has 11 heteroatoms. The van der Waals surface area contributed by atoms with Gasteiger partial charge in [-0.15, -0.1) is 0 Å². The minimum Gasteiger partial charge on any atom is -0.497 e. The molecule has 3 aromatic rings. The highest BCUT2D eigenvalue weighted by Gasteiger charge is 2.43. The molecule has 2 heterocycles. The van der Waals surface area contributed by atoms with Crippen molar-refractivity contribution in [1.82, 2.24) is 14.7 Å². The van der Waals surface area contributed by atoms with Gasteiger partial charge >= 0.3 is 6.18 Å². The van der Waals surface area contributed by atoms with Crippen LogP contribution in [0.4, 0.5) is 24.5 Å². The number of anilines is 2. The summed E-state index contributed by atoms with van der Waals surface area (Å²) < 4.78 is 47.5. The van der Waals surface area contributed by atoms with Crippen molar-refractivity contribution in [2.24, 2.45) is 0 Å².